The maximum Gasteiger partial charge on any atom is 0.280 e. The van der Waals surface area contributed by atoms with Gasteiger partial charge in [-0.05, 0) is 30.7 Å². The van der Waals surface area contributed by atoms with E-state index in [1.165, 1.54) is 10.9 Å². The topological polar surface area (TPSA) is 80.1 Å². The molecule has 2 heterocycles. The van der Waals surface area contributed by atoms with Crippen molar-refractivity contribution in [2.45, 2.75) is 13.0 Å². The average molecular weight is 351 g/mol. The lowest BCUT2D eigenvalue weighted by Gasteiger charge is -2.19. The lowest BCUT2D eigenvalue weighted by Crippen LogP contribution is -2.34. The summed E-state index contributed by atoms with van der Waals surface area (Å²) < 4.78 is 1.28. The first-order valence-corrected chi connectivity index (χ1v) is 8.48. The molecule has 1 amide bonds. The molecule has 26 heavy (non-hydrogen) atoms. The molecule has 0 radical (unpaired) electrons. The summed E-state index contributed by atoms with van der Waals surface area (Å²) in [5, 5.41) is 2.84. The van der Waals surface area contributed by atoms with Gasteiger partial charge in [0, 0.05) is 32.0 Å². The second kappa shape index (κ2) is 8.24. The van der Waals surface area contributed by atoms with Crippen LogP contribution in [0.2, 0.25) is 0 Å². The van der Waals surface area contributed by atoms with Crippen LogP contribution >= 0.6 is 0 Å². The largest absolute Gasteiger partial charge is 0.375 e. The zero-order valence-corrected chi connectivity index (χ0v) is 14.6. The predicted octanol–water partition coefficient (Wildman–Crippen LogP) is 1.43. The Kier molecular flexibility index (Phi) is 5.58. The zero-order valence-electron chi connectivity index (χ0n) is 14.6. The molecular weight excluding hydrogens is 330 g/mol. The Hall–Kier alpha value is -3.22. The number of hydrogen-bond donors (Lipinski definition) is 1. The van der Waals surface area contributed by atoms with Gasteiger partial charge in [-0.3, -0.25) is 14.2 Å². The van der Waals surface area contributed by atoms with E-state index in [4.69, 9.17) is 0 Å². The number of hydrogen-bond acceptors (Lipinski definition) is 5. The highest BCUT2D eigenvalue weighted by molar-refractivity contribution is 5.76. The number of para-hydroxylation sites is 1. The van der Waals surface area contributed by atoms with Crippen LogP contribution in [-0.4, -0.2) is 40.6 Å². The minimum Gasteiger partial charge on any atom is -0.375 e. The Bertz CT molecular complexity index is 939. The Balaban J connectivity index is 1.49. The molecule has 0 aliphatic carbocycles. The van der Waals surface area contributed by atoms with Crippen LogP contribution in [0.3, 0.4) is 0 Å². The molecule has 0 saturated heterocycles. The predicted molar refractivity (Wildman–Crippen MR) is 101 cm³/mol. The number of pyridine rings is 1. The molecule has 0 aliphatic rings. The van der Waals surface area contributed by atoms with E-state index < -0.39 is 0 Å². The summed E-state index contributed by atoms with van der Waals surface area (Å²) in [5.41, 5.74) is 1.63. The van der Waals surface area contributed by atoms with Crippen molar-refractivity contribution < 1.29 is 4.79 Å². The molecule has 7 heteroatoms. The van der Waals surface area contributed by atoms with Crippen molar-refractivity contribution in [2.75, 3.05) is 25.0 Å². The van der Waals surface area contributed by atoms with Gasteiger partial charge in [-0.25, -0.2) is 9.97 Å². The summed E-state index contributed by atoms with van der Waals surface area (Å²) in [6.45, 7) is 1.31. The molecule has 0 bridgehead atoms. The first-order valence-electron chi connectivity index (χ1n) is 8.48. The van der Waals surface area contributed by atoms with Gasteiger partial charge in [0.25, 0.3) is 5.56 Å². The van der Waals surface area contributed by atoms with Gasteiger partial charge < -0.3 is 10.2 Å². The first-order chi connectivity index (χ1) is 12.6. The maximum absolute atomic E-state index is 12.3. The Labute approximate surface area is 151 Å². The number of nitrogens with one attached hydrogen (secondary N) is 1. The zero-order chi connectivity index (χ0) is 18.4. The number of carbonyl (C=O) groups is 1. The molecule has 1 N–H and O–H groups in total. The highest BCUT2D eigenvalue weighted by Crippen LogP contribution is 2.10. The van der Waals surface area contributed by atoms with Crippen molar-refractivity contribution >= 4 is 22.6 Å². The molecule has 3 rings (SSSR count). The molecule has 0 aliphatic heterocycles. The summed E-state index contributed by atoms with van der Waals surface area (Å²) >= 11 is 0. The molecule has 0 spiro atoms. The second-order valence-electron chi connectivity index (χ2n) is 6.01. The van der Waals surface area contributed by atoms with Crippen LogP contribution in [0, 0.1) is 0 Å². The van der Waals surface area contributed by atoms with Crippen molar-refractivity contribution in [3.63, 3.8) is 0 Å². The molecule has 134 valence electrons. The second-order valence-corrected chi connectivity index (χ2v) is 6.01. The van der Waals surface area contributed by atoms with Gasteiger partial charge in [-0.2, -0.15) is 0 Å². The fourth-order valence-electron chi connectivity index (χ4n) is 2.66. The quantitative estimate of drug-likeness (QED) is 0.652. The van der Waals surface area contributed by atoms with Crippen molar-refractivity contribution in [2.24, 2.45) is 0 Å². The van der Waals surface area contributed by atoms with E-state index in [-0.39, 0.29) is 23.5 Å². The molecular formula is C19H21N5O2. The molecule has 0 unspecified atom stereocenters. The van der Waals surface area contributed by atoms with Gasteiger partial charge in [0.05, 0.1) is 11.8 Å². The summed E-state index contributed by atoms with van der Waals surface area (Å²) in [5.74, 6) is -0.216. The number of anilines is 1. The Morgan fingerprint density at radius 1 is 1.15 bits per heavy atom. The van der Waals surface area contributed by atoms with Crippen molar-refractivity contribution in [1.82, 2.24) is 19.9 Å². The van der Waals surface area contributed by atoms with Crippen LogP contribution < -0.4 is 15.8 Å². The molecule has 3 aromatic rings. The molecule has 2 aromatic heterocycles. The van der Waals surface area contributed by atoms with Crippen LogP contribution in [0.5, 0.6) is 0 Å². The van der Waals surface area contributed by atoms with E-state index in [2.05, 4.69) is 20.2 Å². The summed E-state index contributed by atoms with van der Waals surface area (Å²) in [6, 6.07) is 13.5. The number of carbonyl (C=O) groups excluding carboxylic acids is 1. The van der Waals surface area contributed by atoms with Crippen LogP contribution in [0.1, 0.15) is 6.42 Å². The first kappa shape index (κ1) is 17.6. The van der Waals surface area contributed by atoms with E-state index in [9.17, 15) is 9.59 Å². The van der Waals surface area contributed by atoms with Crippen LogP contribution in [0.4, 0.5) is 5.69 Å². The van der Waals surface area contributed by atoms with E-state index in [0.717, 1.165) is 18.7 Å². The van der Waals surface area contributed by atoms with Gasteiger partial charge in [0.2, 0.25) is 5.91 Å². The maximum atomic E-state index is 12.3. The van der Waals surface area contributed by atoms with Gasteiger partial charge in [-0.15, -0.1) is 0 Å². The summed E-state index contributed by atoms with van der Waals surface area (Å²) in [4.78, 5) is 34.7. The lowest BCUT2D eigenvalue weighted by molar-refractivity contribution is -0.121. The summed E-state index contributed by atoms with van der Waals surface area (Å²) in [7, 11) is 2.02. The van der Waals surface area contributed by atoms with Crippen LogP contribution in [-0.2, 0) is 11.3 Å². The minimum absolute atomic E-state index is 0.0626. The summed E-state index contributed by atoms with van der Waals surface area (Å²) in [6.07, 6.45) is 3.73. The van der Waals surface area contributed by atoms with Crippen molar-refractivity contribution in [3.05, 3.63) is 65.3 Å². The fourth-order valence-corrected chi connectivity index (χ4v) is 2.66. The molecule has 0 fully saturated rings. The normalized spacial score (nSPS) is 10.7. The third-order valence-corrected chi connectivity index (χ3v) is 4.09. The Morgan fingerprint density at radius 3 is 2.77 bits per heavy atom. The average Bonchev–Trinajstić information content (AvgIpc) is 2.68. The lowest BCUT2D eigenvalue weighted by atomic mass is 10.3. The Morgan fingerprint density at radius 2 is 1.96 bits per heavy atom. The number of nitrogens with zero attached hydrogens (tertiary/aromatic N) is 4. The molecule has 0 atom stereocenters. The minimum atomic E-state index is -0.311. The van der Waals surface area contributed by atoms with E-state index in [1.807, 2.05) is 37.4 Å². The third-order valence-electron chi connectivity index (χ3n) is 4.09. The van der Waals surface area contributed by atoms with E-state index in [0.29, 0.717) is 12.1 Å². The van der Waals surface area contributed by atoms with Gasteiger partial charge in [0.15, 0.2) is 5.52 Å². The number of aromatic nitrogens is 3. The van der Waals surface area contributed by atoms with Crippen LogP contribution in [0.25, 0.3) is 11.0 Å². The van der Waals surface area contributed by atoms with E-state index in [1.54, 1.807) is 18.3 Å². The van der Waals surface area contributed by atoms with Gasteiger partial charge >= 0.3 is 0 Å². The number of rotatable bonds is 7. The van der Waals surface area contributed by atoms with Crippen molar-refractivity contribution in [3.8, 4) is 0 Å². The standard InChI is InChI=1S/C19H21N5O2/c1-23(15-7-3-2-4-8-15)12-6-11-20-17(25)13-24-14-22-16-9-5-10-21-18(16)19(24)26/h2-5,7-10,14H,6,11-13H2,1H3,(H,20,25). The monoisotopic (exact) mass is 351 g/mol. The molecule has 1 aromatic carbocycles. The SMILES string of the molecule is CN(CCCNC(=O)Cn1cnc2cccnc2c1=O)c1ccccc1. The van der Waals surface area contributed by atoms with Crippen molar-refractivity contribution in [1.29, 1.82) is 0 Å². The molecule has 7 nitrogen and oxygen atoms in total. The highest BCUT2D eigenvalue weighted by atomic mass is 16.2. The smallest absolute Gasteiger partial charge is 0.280 e. The van der Waals surface area contributed by atoms with E-state index >= 15 is 0 Å². The highest BCUT2D eigenvalue weighted by Gasteiger charge is 2.08. The van der Waals surface area contributed by atoms with Gasteiger partial charge in [0.1, 0.15) is 6.54 Å². The number of amides is 1. The third kappa shape index (κ3) is 4.24. The number of benzene rings is 1. The molecule has 0 saturated carbocycles. The fraction of sp³-hybridized carbons (Fsp3) is 0.263. The number of fused-ring (bicyclic) bond motifs is 1. The van der Waals surface area contributed by atoms with Gasteiger partial charge in [-0.1, -0.05) is 18.2 Å². The van der Waals surface area contributed by atoms with Crippen LogP contribution in [0.15, 0.2) is 59.8 Å².